The molecule has 1 aromatic carbocycles. The third-order valence-corrected chi connectivity index (χ3v) is 3.58. The zero-order chi connectivity index (χ0) is 14.8. The van der Waals surface area contributed by atoms with Gasteiger partial charge in [0, 0.05) is 23.0 Å². The van der Waals surface area contributed by atoms with E-state index in [1.54, 1.807) is 6.20 Å². The van der Waals surface area contributed by atoms with E-state index in [1.165, 1.54) is 16.7 Å². The number of aliphatic hydroxyl groups excluding tert-OH is 1. The van der Waals surface area contributed by atoms with E-state index in [0.29, 0.717) is 6.54 Å². The third-order valence-electron chi connectivity index (χ3n) is 3.58. The van der Waals surface area contributed by atoms with Crippen LogP contribution in [0, 0.1) is 13.8 Å². The van der Waals surface area contributed by atoms with Crippen molar-refractivity contribution >= 4 is 0 Å². The van der Waals surface area contributed by atoms with Crippen LogP contribution in [0.15, 0.2) is 36.7 Å². The number of aromatic nitrogens is 4. The molecule has 0 saturated heterocycles. The quantitative estimate of drug-likeness (QED) is 0.772. The monoisotopic (exact) mass is 282 g/mol. The maximum atomic E-state index is 9.05. The summed E-state index contributed by atoms with van der Waals surface area (Å²) in [4.78, 5) is 0. The van der Waals surface area contributed by atoms with Crippen LogP contribution in [-0.2, 0) is 13.2 Å². The van der Waals surface area contributed by atoms with Crippen molar-refractivity contribution in [1.29, 1.82) is 0 Å². The molecule has 0 fully saturated rings. The second kappa shape index (κ2) is 5.54. The van der Waals surface area contributed by atoms with E-state index in [1.807, 2.05) is 24.7 Å². The van der Waals surface area contributed by atoms with Crippen molar-refractivity contribution in [1.82, 2.24) is 20.0 Å². The summed E-state index contributed by atoms with van der Waals surface area (Å²) in [6.07, 6.45) is 3.55. The number of H-pyrrole nitrogens is 1. The molecule has 108 valence electrons. The van der Waals surface area contributed by atoms with Crippen LogP contribution in [0.3, 0.4) is 0 Å². The van der Waals surface area contributed by atoms with E-state index < -0.39 is 0 Å². The highest BCUT2D eigenvalue weighted by atomic mass is 16.3. The number of benzene rings is 1. The summed E-state index contributed by atoms with van der Waals surface area (Å²) in [5.74, 6) is 0. The molecule has 0 amide bonds. The van der Waals surface area contributed by atoms with E-state index in [4.69, 9.17) is 5.11 Å². The molecule has 0 spiro atoms. The molecule has 0 unspecified atom stereocenters. The Kier molecular flexibility index (Phi) is 3.58. The van der Waals surface area contributed by atoms with Crippen LogP contribution < -0.4 is 0 Å². The minimum atomic E-state index is 0.0258. The fourth-order valence-electron chi connectivity index (χ4n) is 2.51. The van der Waals surface area contributed by atoms with Crippen molar-refractivity contribution in [2.75, 3.05) is 0 Å². The second-order valence-corrected chi connectivity index (χ2v) is 5.21. The molecule has 21 heavy (non-hydrogen) atoms. The number of aliphatic hydroxyl groups is 1. The summed E-state index contributed by atoms with van der Waals surface area (Å²) >= 11 is 0. The highest BCUT2D eigenvalue weighted by Gasteiger charge is 2.08. The molecule has 5 nitrogen and oxygen atoms in total. The number of aryl methyl sites for hydroxylation is 2. The zero-order valence-corrected chi connectivity index (χ0v) is 12.2. The molecule has 0 saturated carbocycles. The third kappa shape index (κ3) is 2.73. The van der Waals surface area contributed by atoms with Crippen LogP contribution in [0.25, 0.3) is 11.1 Å². The van der Waals surface area contributed by atoms with Gasteiger partial charge in [-0.3, -0.25) is 9.78 Å². The maximum absolute atomic E-state index is 9.05. The van der Waals surface area contributed by atoms with Gasteiger partial charge in [-0.15, -0.1) is 0 Å². The number of rotatable bonds is 4. The van der Waals surface area contributed by atoms with Gasteiger partial charge in [-0.25, -0.2) is 0 Å². The predicted molar refractivity (Wildman–Crippen MR) is 80.7 cm³/mol. The lowest BCUT2D eigenvalue weighted by molar-refractivity contribution is 0.281. The van der Waals surface area contributed by atoms with E-state index in [9.17, 15) is 0 Å². The number of nitrogens with one attached hydrogen (secondary N) is 1. The average Bonchev–Trinajstić information content (AvgIpc) is 3.07. The summed E-state index contributed by atoms with van der Waals surface area (Å²) < 4.78 is 1.83. The van der Waals surface area contributed by atoms with Gasteiger partial charge < -0.3 is 5.11 Å². The van der Waals surface area contributed by atoms with Crippen LogP contribution in [0.1, 0.15) is 22.5 Å². The van der Waals surface area contributed by atoms with Crippen molar-refractivity contribution in [3.8, 4) is 11.1 Å². The lowest BCUT2D eigenvalue weighted by Gasteiger charge is -2.05. The van der Waals surface area contributed by atoms with Crippen LogP contribution in [0.2, 0.25) is 0 Å². The van der Waals surface area contributed by atoms with Crippen LogP contribution in [-0.4, -0.2) is 25.1 Å². The number of aromatic amines is 1. The first kappa shape index (κ1) is 13.6. The molecule has 2 heterocycles. The van der Waals surface area contributed by atoms with Gasteiger partial charge in [-0.2, -0.15) is 10.2 Å². The van der Waals surface area contributed by atoms with Crippen LogP contribution in [0.5, 0.6) is 0 Å². The lowest BCUT2D eigenvalue weighted by Crippen LogP contribution is -1.99. The van der Waals surface area contributed by atoms with Crippen LogP contribution >= 0.6 is 0 Å². The first-order valence-electron chi connectivity index (χ1n) is 6.90. The van der Waals surface area contributed by atoms with Crippen molar-refractivity contribution in [3.05, 3.63) is 59.2 Å². The summed E-state index contributed by atoms with van der Waals surface area (Å²) in [5, 5.41) is 20.5. The first-order valence-corrected chi connectivity index (χ1v) is 6.90. The summed E-state index contributed by atoms with van der Waals surface area (Å²) in [6, 6.07) is 8.41. The van der Waals surface area contributed by atoms with E-state index in [0.717, 1.165) is 17.0 Å². The summed E-state index contributed by atoms with van der Waals surface area (Å²) in [7, 11) is 0. The SMILES string of the molecule is Cc1n[nH]c(C)c1-c1ccc(Cn2cc(CO)cn2)cc1. The molecule has 5 heteroatoms. The smallest absolute Gasteiger partial charge is 0.0712 e. The Bertz CT molecular complexity index is 720. The van der Waals surface area contributed by atoms with Crippen molar-refractivity contribution < 1.29 is 5.11 Å². The fourth-order valence-corrected chi connectivity index (χ4v) is 2.51. The number of hydrogen-bond acceptors (Lipinski definition) is 3. The molecular weight excluding hydrogens is 264 g/mol. The summed E-state index contributed by atoms with van der Waals surface area (Å²) in [5.41, 5.74) is 6.43. The molecule has 2 aromatic heterocycles. The van der Waals surface area contributed by atoms with Gasteiger partial charge in [-0.05, 0) is 25.0 Å². The van der Waals surface area contributed by atoms with Gasteiger partial charge in [0.25, 0.3) is 0 Å². The summed E-state index contributed by atoms with van der Waals surface area (Å²) in [6.45, 7) is 4.76. The Morgan fingerprint density at radius 2 is 1.90 bits per heavy atom. The minimum Gasteiger partial charge on any atom is -0.392 e. The first-order chi connectivity index (χ1) is 10.2. The van der Waals surface area contributed by atoms with Gasteiger partial charge in [0.05, 0.1) is 25.0 Å². The van der Waals surface area contributed by atoms with Gasteiger partial charge in [-0.1, -0.05) is 24.3 Å². The molecule has 3 rings (SSSR count). The number of nitrogens with zero attached hydrogens (tertiary/aromatic N) is 3. The molecule has 2 N–H and O–H groups in total. The molecule has 0 aliphatic heterocycles. The van der Waals surface area contributed by atoms with Gasteiger partial charge in [0.2, 0.25) is 0 Å². The normalized spacial score (nSPS) is 11.0. The fraction of sp³-hybridized carbons (Fsp3) is 0.250. The Morgan fingerprint density at radius 3 is 2.48 bits per heavy atom. The second-order valence-electron chi connectivity index (χ2n) is 5.21. The maximum Gasteiger partial charge on any atom is 0.0712 e. The molecule has 0 aliphatic rings. The Hall–Kier alpha value is -2.40. The topological polar surface area (TPSA) is 66.7 Å². The Morgan fingerprint density at radius 1 is 1.14 bits per heavy atom. The molecule has 0 atom stereocenters. The molecule has 0 aliphatic carbocycles. The van der Waals surface area contributed by atoms with Gasteiger partial charge in [0.15, 0.2) is 0 Å². The molecule has 0 radical (unpaired) electrons. The van der Waals surface area contributed by atoms with E-state index in [2.05, 4.69) is 39.6 Å². The molecular formula is C16H18N4O. The predicted octanol–water partition coefficient (Wildman–Crippen LogP) is 2.43. The van der Waals surface area contributed by atoms with Crippen molar-refractivity contribution in [2.24, 2.45) is 0 Å². The molecule has 0 bridgehead atoms. The Labute approximate surface area is 123 Å². The zero-order valence-electron chi connectivity index (χ0n) is 12.2. The van der Waals surface area contributed by atoms with Crippen molar-refractivity contribution in [3.63, 3.8) is 0 Å². The average molecular weight is 282 g/mol. The Balaban J connectivity index is 1.81. The molecule has 3 aromatic rings. The highest BCUT2D eigenvalue weighted by molar-refractivity contribution is 5.68. The van der Waals surface area contributed by atoms with Gasteiger partial charge in [0.1, 0.15) is 0 Å². The minimum absolute atomic E-state index is 0.0258. The number of hydrogen-bond donors (Lipinski definition) is 2. The lowest BCUT2D eigenvalue weighted by atomic mass is 10.0. The van der Waals surface area contributed by atoms with Gasteiger partial charge >= 0.3 is 0 Å². The largest absolute Gasteiger partial charge is 0.392 e. The van der Waals surface area contributed by atoms with E-state index >= 15 is 0 Å². The highest BCUT2D eigenvalue weighted by Crippen LogP contribution is 2.25. The van der Waals surface area contributed by atoms with E-state index in [-0.39, 0.29) is 6.61 Å². The standard InChI is InChI=1S/C16H18N4O/c1-11-16(12(2)19-18-11)15-5-3-13(4-6-15)8-20-9-14(10-21)7-17-20/h3-7,9,21H,8,10H2,1-2H3,(H,18,19). The van der Waals surface area contributed by atoms with Crippen molar-refractivity contribution in [2.45, 2.75) is 27.0 Å². The van der Waals surface area contributed by atoms with Crippen LogP contribution in [0.4, 0.5) is 0 Å².